The predicted octanol–water partition coefficient (Wildman–Crippen LogP) is 2.59. The Morgan fingerprint density at radius 3 is 2.94 bits per heavy atom. The molecule has 0 bridgehead atoms. The lowest BCUT2D eigenvalue weighted by Crippen LogP contribution is -2.51. The number of nitrogens with zero attached hydrogens (tertiary/aromatic N) is 1. The van der Waals surface area contributed by atoms with Crippen molar-refractivity contribution >= 4 is 11.8 Å². The minimum atomic E-state index is 0.455. The molecule has 2 unspecified atom stereocenters. The standard InChI is InChI=1S/C14H28N2S/c1-4-12-5-6-15-13(9-12)10-16-7-8-17-14(2,3)11-16/h12-13,15H,4-11H2,1-3H3. The fourth-order valence-corrected chi connectivity index (χ4v) is 4.36. The highest BCUT2D eigenvalue weighted by molar-refractivity contribution is 8.00. The zero-order valence-corrected chi connectivity index (χ0v) is 12.5. The molecule has 2 nitrogen and oxygen atoms in total. The van der Waals surface area contributed by atoms with Crippen LogP contribution in [0.3, 0.4) is 0 Å². The summed E-state index contributed by atoms with van der Waals surface area (Å²) < 4.78 is 0.455. The molecule has 3 heteroatoms. The summed E-state index contributed by atoms with van der Waals surface area (Å²) in [6.45, 7) is 12.1. The molecular weight excluding hydrogens is 228 g/mol. The minimum Gasteiger partial charge on any atom is -0.313 e. The number of nitrogens with one attached hydrogen (secondary N) is 1. The van der Waals surface area contributed by atoms with Gasteiger partial charge in [-0.3, -0.25) is 4.90 Å². The first-order valence-electron chi connectivity index (χ1n) is 7.19. The van der Waals surface area contributed by atoms with Crippen LogP contribution >= 0.6 is 11.8 Å². The van der Waals surface area contributed by atoms with Crippen LogP contribution in [0.15, 0.2) is 0 Å². The molecule has 0 saturated carbocycles. The van der Waals surface area contributed by atoms with Crippen molar-refractivity contribution in [2.45, 2.75) is 50.8 Å². The normalized spacial score (nSPS) is 34.8. The fraction of sp³-hybridized carbons (Fsp3) is 1.00. The van der Waals surface area contributed by atoms with Gasteiger partial charge >= 0.3 is 0 Å². The summed E-state index contributed by atoms with van der Waals surface area (Å²) in [6.07, 6.45) is 4.13. The molecule has 1 N–H and O–H groups in total. The third kappa shape index (κ3) is 4.15. The lowest BCUT2D eigenvalue weighted by Gasteiger charge is -2.40. The number of thioether (sulfide) groups is 1. The maximum Gasteiger partial charge on any atom is 0.0231 e. The molecule has 0 radical (unpaired) electrons. The molecule has 100 valence electrons. The van der Waals surface area contributed by atoms with Gasteiger partial charge in [-0.25, -0.2) is 0 Å². The number of rotatable bonds is 3. The lowest BCUT2D eigenvalue weighted by molar-refractivity contribution is 0.193. The third-order valence-electron chi connectivity index (χ3n) is 4.16. The van der Waals surface area contributed by atoms with E-state index in [1.165, 1.54) is 51.2 Å². The van der Waals surface area contributed by atoms with Crippen LogP contribution in [0.2, 0.25) is 0 Å². The van der Waals surface area contributed by atoms with Crippen molar-refractivity contribution in [2.24, 2.45) is 5.92 Å². The average Bonchev–Trinajstić information content (AvgIpc) is 2.28. The molecule has 2 saturated heterocycles. The van der Waals surface area contributed by atoms with Crippen molar-refractivity contribution in [3.8, 4) is 0 Å². The molecule has 0 aromatic carbocycles. The smallest absolute Gasteiger partial charge is 0.0231 e. The maximum absolute atomic E-state index is 3.71. The Morgan fingerprint density at radius 1 is 1.41 bits per heavy atom. The topological polar surface area (TPSA) is 15.3 Å². The highest BCUT2D eigenvalue weighted by Crippen LogP contribution is 2.30. The Balaban J connectivity index is 1.80. The van der Waals surface area contributed by atoms with Crippen molar-refractivity contribution in [2.75, 3.05) is 31.9 Å². The molecule has 0 spiro atoms. The Labute approximate surface area is 111 Å². The first-order chi connectivity index (χ1) is 8.09. The fourth-order valence-electron chi connectivity index (χ4n) is 3.19. The molecule has 2 aliphatic heterocycles. The van der Waals surface area contributed by atoms with Crippen LogP contribution in [0.25, 0.3) is 0 Å². The zero-order chi connectivity index (χ0) is 12.3. The Kier molecular flexibility index (Phi) is 4.79. The Bertz CT molecular complexity index is 242. The molecule has 0 aromatic rings. The van der Waals surface area contributed by atoms with Gasteiger partial charge in [0, 0.05) is 36.2 Å². The van der Waals surface area contributed by atoms with Gasteiger partial charge in [0.2, 0.25) is 0 Å². The van der Waals surface area contributed by atoms with E-state index in [1.54, 1.807) is 0 Å². The third-order valence-corrected chi connectivity index (χ3v) is 5.46. The molecule has 2 fully saturated rings. The van der Waals surface area contributed by atoms with Crippen molar-refractivity contribution < 1.29 is 0 Å². The molecule has 2 atom stereocenters. The van der Waals surface area contributed by atoms with Gasteiger partial charge in [0.05, 0.1) is 0 Å². The summed E-state index contributed by atoms with van der Waals surface area (Å²) >= 11 is 2.13. The van der Waals surface area contributed by atoms with Crippen molar-refractivity contribution in [3.63, 3.8) is 0 Å². The summed E-state index contributed by atoms with van der Waals surface area (Å²) in [5.41, 5.74) is 0. The van der Waals surface area contributed by atoms with E-state index in [1.807, 2.05) is 0 Å². The minimum absolute atomic E-state index is 0.455. The molecule has 0 aliphatic carbocycles. The second kappa shape index (κ2) is 5.94. The van der Waals surface area contributed by atoms with E-state index in [0.29, 0.717) is 4.75 Å². The summed E-state index contributed by atoms with van der Waals surface area (Å²) in [5, 5.41) is 3.71. The summed E-state index contributed by atoms with van der Waals surface area (Å²) in [6, 6.07) is 0.743. The van der Waals surface area contributed by atoms with Crippen molar-refractivity contribution in [1.82, 2.24) is 10.2 Å². The average molecular weight is 256 g/mol. The van der Waals surface area contributed by atoms with Crippen molar-refractivity contribution in [1.29, 1.82) is 0 Å². The van der Waals surface area contributed by atoms with Gasteiger partial charge in [-0.05, 0) is 39.2 Å². The van der Waals surface area contributed by atoms with Crippen LogP contribution in [-0.4, -0.2) is 47.6 Å². The maximum atomic E-state index is 3.71. The van der Waals surface area contributed by atoms with E-state index in [2.05, 4.69) is 42.7 Å². The predicted molar refractivity (Wildman–Crippen MR) is 77.8 cm³/mol. The molecular formula is C14H28N2S. The summed E-state index contributed by atoms with van der Waals surface area (Å²) in [4.78, 5) is 2.67. The summed E-state index contributed by atoms with van der Waals surface area (Å²) in [7, 11) is 0. The number of piperidine rings is 1. The van der Waals surface area contributed by atoms with E-state index in [4.69, 9.17) is 0 Å². The van der Waals surface area contributed by atoms with Crippen LogP contribution in [-0.2, 0) is 0 Å². The molecule has 17 heavy (non-hydrogen) atoms. The molecule has 2 heterocycles. The van der Waals surface area contributed by atoms with Crippen LogP contribution in [0, 0.1) is 5.92 Å². The quantitative estimate of drug-likeness (QED) is 0.835. The zero-order valence-electron chi connectivity index (χ0n) is 11.7. The molecule has 0 aromatic heterocycles. The van der Waals surface area contributed by atoms with Crippen molar-refractivity contribution in [3.05, 3.63) is 0 Å². The monoisotopic (exact) mass is 256 g/mol. The van der Waals surface area contributed by atoms with E-state index in [0.717, 1.165) is 12.0 Å². The van der Waals surface area contributed by atoms with Gasteiger partial charge in [0.25, 0.3) is 0 Å². The SMILES string of the molecule is CCC1CCNC(CN2CCSC(C)(C)C2)C1. The van der Waals surface area contributed by atoms with E-state index < -0.39 is 0 Å². The van der Waals surface area contributed by atoms with Gasteiger partial charge in [0.15, 0.2) is 0 Å². The first kappa shape index (κ1) is 13.7. The van der Waals surface area contributed by atoms with Gasteiger partial charge in [-0.2, -0.15) is 11.8 Å². The van der Waals surface area contributed by atoms with E-state index >= 15 is 0 Å². The largest absolute Gasteiger partial charge is 0.313 e. The van der Waals surface area contributed by atoms with E-state index in [-0.39, 0.29) is 0 Å². The van der Waals surface area contributed by atoms with E-state index in [9.17, 15) is 0 Å². The number of hydrogen-bond acceptors (Lipinski definition) is 3. The van der Waals surface area contributed by atoms with Gasteiger partial charge < -0.3 is 5.32 Å². The Hall–Kier alpha value is 0.270. The van der Waals surface area contributed by atoms with Crippen LogP contribution < -0.4 is 5.32 Å². The van der Waals surface area contributed by atoms with Crippen LogP contribution in [0.5, 0.6) is 0 Å². The summed E-state index contributed by atoms with van der Waals surface area (Å²) in [5.74, 6) is 2.27. The molecule has 2 rings (SSSR count). The van der Waals surface area contributed by atoms with Gasteiger partial charge in [0.1, 0.15) is 0 Å². The number of hydrogen-bond donors (Lipinski definition) is 1. The Morgan fingerprint density at radius 2 is 2.24 bits per heavy atom. The molecule has 2 aliphatic rings. The lowest BCUT2D eigenvalue weighted by atomic mass is 9.90. The highest BCUT2D eigenvalue weighted by atomic mass is 32.2. The van der Waals surface area contributed by atoms with Crippen LogP contribution in [0.1, 0.15) is 40.0 Å². The van der Waals surface area contributed by atoms with Crippen LogP contribution in [0.4, 0.5) is 0 Å². The second-order valence-electron chi connectivity index (χ2n) is 6.29. The van der Waals surface area contributed by atoms with Gasteiger partial charge in [-0.15, -0.1) is 0 Å². The second-order valence-corrected chi connectivity index (χ2v) is 8.10. The highest BCUT2D eigenvalue weighted by Gasteiger charge is 2.29. The van der Waals surface area contributed by atoms with Gasteiger partial charge in [-0.1, -0.05) is 13.3 Å². The first-order valence-corrected chi connectivity index (χ1v) is 8.17. The molecule has 0 amide bonds.